The van der Waals surface area contributed by atoms with E-state index in [1.807, 2.05) is 0 Å². The molecular weight excluding hydrogens is 259 g/mol. The highest BCUT2D eigenvalue weighted by atomic mass is 19.4. The van der Waals surface area contributed by atoms with E-state index >= 15 is 0 Å². The minimum Gasteiger partial charge on any atom is -0.497 e. The van der Waals surface area contributed by atoms with Crippen LogP contribution in [0, 0.1) is 0 Å². The van der Waals surface area contributed by atoms with Crippen LogP contribution < -0.4 is 14.8 Å². The molecule has 0 radical (unpaired) electrons. The van der Waals surface area contributed by atoms with Gasteiger partial charge in [-0.1, -0.05) is 12.1 Å². The second-order valence-electron chi connectivity index (χ2n) is 3.75. The van der Waals surface area contributed by atoms with Crippen LogP contribution in [0.15, 0.2) is 30.4 Å². The van der Waals surface area contributed by atoms with Gasteiger partial charge in [-0.25, -0.2) is 0 Å². The normalized spacial score (nSPS) is 11.8. The maximum Gasteiger partial charge on any atom is 0.409 e. The van der Waals surface area contributed by atoms with Crippen molar-refractivity contribution in [2.24, 2.45) is 0 Å². The summed E-state index contributed by atoms with van der Waals surface area (Å²) in [5, 5.41) is 2.88. The topological polar surface area (TPSA) is 30.5 Å². The molecule has 0 saturated carbocycles. The molecule has 0 atom stereocenters. The van der Waals surface area contributed by atoms with Crippen molar-refractivity contribution in [3.63, 3.8) is 0 Å². The van der Waals surface area contributed by atoms with E-state index in [4.69, 9.17) is 9.47 Å². The lowest BCUT2D eigenvalue weighted by molar-refractivity contribution is -0.0800. The van der Waals surface area contributed by atoms with Crippen molar-refractivity contribution in [2.75, 3.05) is 20.8 Å². The van der Waals surface area contributed by atoms with Crippen LogP contribution in [0.5, 0.6) is 11.5 Å². The highest BCUT2D eigenvalue weighted by Gasteiger charge is 2.21. The van der Waals surface area contributed by atoms with Gasteiger partial charge in [-0.2, -0.15) is 13.2 Å². The Kier molecular flexibility index (Phi) is 5.69. The van der Waals surface area contributed by atoms with Gasteiger partial charge < -0.3 is 14.8 Å². The maximum absolute atomic E-state index is 11.9. The van der Waals surface area contributed by atoms with Gasteiger partial charge in [0, 0.05) is 30.8 Å². The van der Waals surface area contributed by atoms with Crippen molar-refractivity contribution in [1.82, 2.24) is 5.32 Å². The fourth-order valence-corrected chi connectivity index (χ4v) is 1.48. The summed E-state index contributed by atoms with van der Waals surface area (Å²) in [4.78, 5) is 0. The van der Waals surface area contributed by atoms with E-state index in [1.165, 1.54) is 7.11 Å². The van der Waals surface area contributed by atoms with Gasteiger partial charge in [0.25, 0.3) is 0 Å². The lowest BCUT2D eigenvalue weighted by atomic mass is 10.2. The second kappa shape index (κ2) is 7.04. The first-order chi connectivity index (χ1) is 8.96. The number of ether oxygens (including phenoxy) is 2. The predicted octanol–water partition coefficient (Wildman–Crippen LogP) is 2.91. The van der Waals surface area contributed by atoms with Gasteiger partial charge >= 0.3 is 6.18 Å². The summed E-state index contributed by atoms with van der Waals surface area (Å²) in [6, 6.07) is 5.30. The molecule has 0 amide bonds. The van der Waals surface area contributed by atoms with E-state index in [-0.39, 0.29) is 12.6 Å². The standard InChI is InChI=1S/C13H16F3NO2/c1-18-11-5-4-10(12(8-11)19-2)9-17-7-3-6-13(14,15)16/h3-6,8,17H,7,9H2,1-2H3. The number of halogens is 3. The molecule has 1 N–H and O–H groups in total. The van der Waals surface area contributed by atoms with Gasteiger partial charge in [-0.05, 0) is 6.07 Å². The third-order valence-electron chi connectivity index (χ3n) is 2.38. The maximum atomic E-state index is 11.9. The number of allylic oxidation sites excluding steroid dienone is 1. The predicted molar refractivity (Wildman–Crippen MR) is 66.4 cm³/mol. The fraction of sp³-hybridized carbons (Fsp3) is 0.385. The zero-order valence-electron chi connectivity index (χ0n) is 10.8. The number of nitrogens with one attached hydrogen (secondary N) is 1. The quantitative estimate of drug-likeness (QED) is 0.639. The van der Waals surface area contributed by atoms with Crippen LogP contribution in [0.3, 0.4) is 0 Å². The van der Waals surface area contributed by atoms with E-state index < -0.39 is 6.18 Å². The summed E-state index contributed by atoms with van der Waals surface area (Å²) < 4.78 is 45.8. The Balaban J connectivity index is 2.51. The first kappa shape index (κ1) is 15.4. The molecule has 0 aliphatic heterocycles. The second-order valence-corrected chi connectivity index (χ2v) is 3.75. The fourth-order valence-electron chi connectivity index (χ4n) is 1.48. The van der Waals surface area contributed by atoms with Crippen molar-refractivity contribution in [3.05, 3.63) is 35.9 Å². The van der Waals surface area contributed by atoms with E-state index in [9.17, 15) is 13.2 Å². The van der Waals surface area contributed by atoms with E-state index in [0.29, 0.717) is 18.0 Å². The third-order valence-corrected chi connectivity index (χ3v) is 2.38. The van der Waals surface area contributed by atoms with E-state index in [1.54, 1.807) is 25.3 Å². The van der Waals surface area contributed by atoms with Crippen molar-refractivity contribution in [1.29, 1.82) is 0 Å². The molecule has 1 aromatic carbocycles. The Morgan fingerprint density at radius 2 is 1.95 bits per heavy atom. The number of rotatable bonds is 6. The molecule has 6 heteroatoms. The smallest absolute Gasteiger partial charge is 0.409 e. The minimum absolute atomic E-state index is 0.134. The number of benzene rings is 1. The monoisotopic (exact) mass is 275 g/mol. The van der Waals surface area contributed by atoms with Crippen LogP contribution in [-0.2, 0) is 6.54 Å². The average Bonchev–Trinajstić information content (AvgIpc) is 2.37. The average molecular weight is 275 g/mol. The summed E-state index contributed by atoms with van der Waals surface area (Å²) in [6.45, 7) is 0.546. The van der Waals surface area contributed by atoms with Crippen LogP contribution in [0.2, 0.25) is 0 Å². The molecule has 0 fully saturated rings. The first-order valence-corrected chi connectivity index (χ1v) is 5.62. The SMILES string of the molecule is COc1ccc(CNCC=CC(F)(F)F)c(OC)c1. The van der Waals surface area contributed by atoms with Crippen LogP contribution >= 0.6 is 0 Å². The van der Waals surface area contributed by atoms with Crippen molar-refractivity contribution in [2.45, 2.75) is 12.7 Å². The highest BCUT2D eigenvalue weighted by Crippen LogP contribution is 2.24. The van der Waals surface area contributed by atoms with Gasteiger partial charge in [0.2, 0.25) is 0 Å². The van der Waals surface area contributed by atoms with Crippen LogP contribution in [-0.4, -0.2) is 26.9 Å². The highest BCUT2D eigenvalue weighted by molar-refractivity contribution is 5.40. The van der Waals surface area contributed by atoms with Gasteiger partial charge in [0.15, 0.2) is 0 Å². The zero-order valence-corrected chi connectivity index (χ0v) is 10.8. The molecular formula is C13H16F3NO2. The summed E-state index contributed by atoms with van der Waals surface area (Å²) in [5.41, 5.74) is 0.851. The molecule has 3 nitrogen and oxygen atoms in total. The van der Waals surface area contributed by atoms with Crippen LogP contribution in [0.4, 0.5) is 13.2 Å². The first-order valence-electron chi connectivity index (χ1n) is 5.62. The molecule has 0 spiro atoms. The Bertz CT molecular complexity index is 430. The van der Waals surface area contributed by atoms with Crippen molar-refractivity contribution >= 4 is 0 Å². The van der Waals surface area contributed by atoms with Gasteiger partial charge in [-0.3, -0.25) is 0 Å². The van der Waals surface area contributed by atoms with Crippen LogP contribution in [0.1, 0.15) is 5.56 Å². The molecule has 0 aromatic heterocycles. The Hall–Kier alpha value is -1.69. The molecule has 1 rings (SSSR count). The van der Waals surface area contributed by atoms with E-state index in [0.717, 1.165) is 11.6 Å². The molecule has 0 aliphatic carbocycles. The summed E-state index contributed by atoms with van der Waals surface area (Å²) in [7, 11) is 3.08. The summed E-state index contributed by atoms with van der Waals surface area (Å²) in [6.07, 6.45) is -3.01. The third kappa shape index (κ3) is 5.65. The minimum atomic E-state index is -4.26. The largest absolute Gasteiger partial charge is 0.497 e. The number of methoxy groups -OCH3 is 2. The van der Waals surface area contributed by atoms with Crippen molar-refractivity contribution < 1.29 is 22.6 Å². The molecule has 0 bridgehead atoms. The lowest BCUT2D eigenvalue weighted by Gasteiger charge is -2.10. The van der Waals surface area contributed by atoms with Crippen molar-refractivity contribution in [3.8, 4) is 11.5 Å². The Morgan fingerprint density at radius 3 is 2.53 bits per heavy atom. The van der Waals surface area contributed by atoms with Gasteiger partial charge in [-0.15, -0.1) is 0 Å². The molecule has 0 unspecified atom stereocenters. The summed E-state index contributed by atoms with van der Waals surface area (Å²) in [5.74, 6) is 1.30. The number of alkyl halides is 3. The number of hydrogen-bond donors (Lipinski definition) is 1. The van der Waals surface area contributed by atoms with Gasteiger partial charge in [0.05, 0.1) is 14.2 Å². The lowest BCUT2D eigenvalue weighted by Crippen LogP contribution is -2.14. The zero-order chi connectivity index (χ0) is 14.3. The molecule has 0 aliphatic rings. The van der Waals surface area contributed by atoms with Crippen LogP contribution in [0.25, 0.3) is 0 Å². The molecule has 106 valence electrons. The molecule has 0 saturated heterocycles. The summed E-state index contributed by atoms with van der Waals surface area (Å²) >= 11 is 0. The molecule has 1 aromatic rings. The number of hydrogen-bond acceptors (Lipinski definition) is 3. The molecule has 0 heterocycles. The Labute approximate surface area is 110 Å². The Morgan fingerprint density at radius 1 is 1.21 bits per heavy atom. The van der Waals surface area contributed by atoms with E-state index in [2.05, 4.69) is 5.32 Å². The molecule has 19 heavy (non-hydrogen) atoms. The van der Waals surface area contributed by atoms with Gasteiger partial charge in [0.1, 0.15) is 11.5 Å².